The van der Waals surface area contributed by atoms with Crippen molar-refractivity contribution in [2.24, 2.45) is 0 Å². The smallest absolute Gasteiger partial charge is 0.407 e. The van der Waals surface area contributed by atoms with Crippen LogP contribution in [-0.2, 0) is 12.8 Å². The molecule has 1 amide bonds. The lowest BCUT2D eigenvalue weighted by atomic mass is 9.90. The number of halogens is 2. The number of carboxylic acid groups (broad SMARTS) is 1. The molecule has 29 heavy (non-hydrogen) atoms. The summed E-state index contributed by atoms with van der Waals surface area (Å²) in [6.07, 6.45) is 2.67. The molecule has 0 saturated heterocycles. The van der Waals surface area contributed by atoms with Gasteiger partial charge in [-0.05, 0) is 74.2 Å². The summed E-state index contributed by atoms with van der Waals surface area (Å²) in [6, 6.07) is 11.1. The second kappa shape index (κ2) is 8.86. The van der Waals surface area contributed by atoms with Crippen LogP contribution in [0, 0.1) is 11.6 Å². The highest BCUT2D eigenvalue weighted by molar-refractivity contribution is 5.71. The highest BCUT2D eigenvalue weighted by atomic mass is 19.1. The lowest BCUT2D eigenvalue weighted by Crippen LogP contribution is -2.28. The first-order valence-electron chi connectivity index (χ1n) is 9.54. The van der Waals surface area contributed by atoms with E-state index in [1.165, 1.54) is 23.1 Å². The van der Waals surface area contributed by atoms with Gasteiger partial charge < -0.3 is 10.0 Å². The van der Waals surface area contributed by atoms with Crippen molar-refractivity contribution in [3.05, 3.63) is 71.6 Å². The minimum absolute atomic E-state index is 0.205. The summed E-state index contributed by atoms with van der Waals surface area (Å²) in [5.74, 6) is -0.473. The summed E-state index contributed by atoms with van der Waals surface area (Å²) in [7, 11) is 0. The van der Waals surface area contributed by atoms with Crippen LogP contribution in [0.25, 0.3) is 16.8 Å². The molecule has 1 aliphatic carbocycles. The van der Waals surface area contributed by atoms with E-state index in [9.17, 15) is 13.6 Å². The standard InChI is InChI=1S/C17H12F2N2.C5H11NO2/c18-12-2-5-14(6-3-12)21-10-16-15-7-4-13(19)9-11(15)1-8-17(16)20-21;1-3-6(4-2)5(7)8/h2-7,9-10H,1,8H2;3-4H2,1-2H3,(H,7,8). The third-order valence-corrected chi connectivity index (χ3v) is 4.90. The fraction of sp³-hybridized carbons (Fsp3) is 0.273. The minimum atomic E-state index is -0.838. The summed E-state index contributed by atoms with van der Waals surface area (Å²) < 4.78 is 28.1. The number of benzene rings is 2. The predicted octanol–water partition coefficient (Wildman–Crippen LogP) is 4.92. The van der Waals surface area contributed by atoms with Crippen LogP contribution in [0.5, 0.6) is 0 Å². The van der Waals surface area contributed by atoms with Crippen molar-refractivity contribution in [2.45, 2.75) is 26.7 Å². The van der Waals surface area contributed by atoms with Crippen LogP contribution < -0.4 is 0 Å². The van der Waals surface area contributed by atoms with Crippen molar-refractivity contribution in [3.63, 3.8) is 0 Å². The lowest BCUT2D eigenvalue weighted by Gasteiger charge is -2.14. The van der Waals surface area contributed by atoms with Gasteiger partial charge in [-0.2, -0.15) is 5.10 Å². The molecule has 0 atom stereocenters. The van der Waals surface area contributed by atoms with Crippen LogP contribution in [0.4, 0.5) is 13.6 Å². The number of hydrogen-bond acceptors (Lipinski definition) is 2. The highest BCUT2D eigenvalue weighted by Crippen LogP contribution is 2.33. The highest BCUT2D eigenvalue weighted by Gasteiger charge is 2.20. The van der Waals surface area contributed by atoms with Crippen molar-refractivity contribution in [2.75, 3.05) is 13.1 Å². The van der Waals surface area contributed by atoms with Crippen LogP contribution in [-0.4, -0.2) is 39.0 Å². The maximum absolute atomic E-state index is 13.3. The van der Waals surface area contributed by atoms with E-state index in [1.54, 1.807) is 28.9 Å². The maximum atomic E-state index is 13.3. The molecule has 2 aromatic carbocycles. The molecule has 1 aliphatic rings. The number of carbonyl (C=O) groups is 1. The lowest BCUT2D eigenvalue weighted by molar-refractivity contribution is 0.150. The second-order valence-corrected chi connectivity index (χ2v) is 6.67. The average molecular weight is 399 g/mol. The number of nitrogens with zero attached hydrogens (tertiary/aromatic N) is 3. The molecule has 4 rings (SSSR count). The molecule has 3 aromatic rings. The fourth-order valence-electron chi connectivity index (χ4n) is 3.32. The van der Waals surface area contributed by atoms with Crippen LogP contribution in [0.2, 0.25) is 0 Å². The van der Waals surface area contributed by atoms with E-state index in [0.29, 0.717) is 13.1 Å². The number of hydrogen-bond donors (Lipinski definition) is 1. The molecule has 1 N–H and O–H groups in total. The van der Waals surface area contributed by atoms with Crippen LogP contribution in [0.15, 0.2) is 48.7 Å². The number of fused-ring (bicyclic) bond motifs is 3. The van der Waals surface area contributed by atoms with E-state index in [2.05, 4.69) is 5.10 Å². The molecule has 0 aliphatic heterocycles. The summed E-state index contributed by atoms with van der Waals surface area (Å²) in [6.45, 7) is 4.78. The molecule has 0 spiro atoms. The van der Waals surface area contributed by atoms with Crippen molar-refractivity contribution in [3.8, 4) is 16.8 Å². The minimum Gasteiger partial charge on any atom is -0.465 e. The second-order valence-electron chi connectivity index (χ2n) is 6.67. The van der Waals surface area contributed by atoms with Gasteiger partial charge in [-0.25, -0.2) is 18.3 Å². The van der Waals surface area contributed by atoms with E-state index < -0.39 is 6.09 Å². The van der Waals surface area contributed by atoms with Crippen molar-refractivity contribution >= 4 is 6.09 Å². The summed E-state index contributed by atoms with van der Waals surface area (Å²) in [5.41, 5.74) is 4.89. The molecule has 0 radical (unpaired) electrons. The van der Waals surface area contributed by atoms with Crippen LogP contribution in [0.3, 0.4) is 0 Å². The molecular formula is C22H23F2N3O2. The molecule has 0 unspecified atom stereocenters. The first-order chi connectivity index (χ1) is 13.9. The van der Waals surface area contributed by atoms with E-state index in [0.717, 1.165) is 40.9 Å². The van der Waals surface area contributed by atoms with Crippen molar-refractivity contribution in [1.29, 1.82) is 0 Å². The Labute approximate surface area is 168 Å². The third-order valence-electron chi connectivity index (χ3n) is 4.90. The average Bonchev–Trinajstić information content (AvgIpc) is 3.14. The van der Waals surface area contributed by atoms with Gasteiger partial charge in [-0.3, -0.25) is 0 Å². The maximum Gasteiger partial charge on any atom is 0.407 e. The molecule has 0 bridgehead atoms. The Balaban J connectivity index is 0.000000258. The summed E-state index contributed by atoms with van der Waals surface area (Å²) >= 11 is 0. The van der Waals surface area contributed by atoms with Gasteiger partial charge in [0, 0.05) is 24.8 Å². The quantitative estimate of drug-likeness (QED) is 0.680. The number of aromatic nitrogens is 2. The van der Waals surface area contributed by atoms with Gasteiger partial charge in [-0.1, -0.05) is 6.07 Å². The van der Waals surface area contributed by atoms with Gasteiger partial charge in [0.15, 0.2) is 0 Å². The fourth-order valence-corrected chi connectivity index (χ4v) is 3.32. The van der Waals surface area contributed by atoms with Crippen molar-refractivity contribution < 1.29 is 18.7 Å². The zero-order chi connectivity index (χ0) is 21.0. The Morgan fingerprint density at radius 2 is 1.69 bits per heavy atom. The van der Waals surface area contributed by atoms with Gasteiger partial charge >= 0.3 is 6.09 Å². The number of amides is 1. The normalized spacial score (nSPS) is 11.7. The van der Waals surface area contributed by atoms with Gasteiger partial charge in [0.25, 0.3) is 0 Å². The topological polar surface area (TPSA) is 58.4 Å². The molecule has 152 valence electrons. The monoisotopic (exact) mass is 399 g/mol. The third kappa shape index (κ3) is 4.62. The zero-order valence-corrected chi connectivity index (χ0v) is 16.4. The number of aryl methyl sites for hydroxylation is 2. The Bertz CT molecular complexity index is 996. The molecule has 1 heterocycles. The summed E-state index contributed by atoms with van der Waals surface area (Å²) in [5, 5.41) is 12.9. The van der Waals surface area contributed by atoms with Crippen molar-refractivity contribution in [1.82, 2.24) is 14.7 Å². The molecule has 5 nitrogen and oxygen atoms in total. The molecule has 0 saturated carbocycles. The van der Waals surface area contributed by atoms with Gasteiger partial charge in [-0.15, -0.1) is 0 Å². The van der Waals surface area contributed by atoms with Gasteiger partial charge in [0.05, 0.1) is 11.4 Å². The van der Waals surface area contributed by atoms with Gasteiger partial charge in [0.2, 0.25) is 0 Å². The van der Waals surface area contributed by atoms with Crippen LogP contribution in [0.1, 0.15) is 25.1 Å². The summed E-state index contributed by atoms with van der Waals surface area (Å²) in [4.78, 5) is 11.4. The Morgan fingerprint density at radius 3 is 2.28 bits per heavy atom. The Kier molecular flexibility index (Phi) is 6.26. The first kappa shape index (κ1) is 20.5. The van der Waals surface area contributed by atoms with Gasteiger partial charge in [0.1, 0.15) is 11.6 Å². The largest absolute Gasteiger partial charge is 0.465 e. The van der Waals surface area contributed by atoms with E-state index in [4.69, 9.17) is 5.11 Å². The van der Waals surface area contributed by atoms with E-state index >= 15 is 0 Å². The van der Waals surface area contributed by atoms with E-state index in [-0.39, 0.29) is 11.6 Å². The number of rotatable bonds is 3. The SMILES string of the molecule is CCN(CC)C(=O)O.Fc1ccc(-n2cc3c(n2)CCc2cc(F)ccc2-3)cc1. The zero-order valence-electron chi connectivity index (χ0n) is 16.4. The Hall–Kier alpha value is -3.22. The molecule has 0 fully saturated rings. The first-order valence-corrected chi connectivity index (χ1v) is 9.54. The Morgan fingerprint density at radius 1 is 1.03 bits per heavy atom. The van der Waals surface area contributed by atoms with Crippen LogP contribution >= 0.6 is 0 Å². The molecular weight excluding hydrogens is 376 g/mol. The predicted molar refractivity (Wildman–Crippen MR) is 107 cm³/mol. The molecule has 1 aromatic heterocycles. The molecule has 7 heteroatoms. The van der Waals surface area contributed by atoms with E-state index in [1.807, 2.05) is 20.0 Å².